The number of phenols is 1. The Hall–Kier alpha value is -1.66. The van der Waals surface area contributed by atoms with Crippen LogP contribution in [0.4, 0.5) is 4.39 Å². The van der Waals surface area contributed by atoms with Crippen LogP contribution in [0.3, 0.4) is 0 Å². The van der Waals surface area contributed by atoms with Gasteiger partial charge in [-0.25, -0.2) is 4.39 Å². The van der Waals surface area contributed by atoms with Gasteiger partial charge < -0.3 is 15.1 Å². The van der Waals surface area contributed by atoms with Crippen LogP contribution in [0.1, 0.15) is 24.9 Å². The highest BCUT2D eigenvalue weighted by atomic mass is 19.1. The van der Waals surface area contributed by atoms with E-state index in [1.807, 2.05) is 6.92 Å². The molecule has 1 aromatic rings. The summed E-state index contributed by atoms with van der Waals surface area (Å²) >= 11 is 0. The molecule has 6 heteroatoms. The van der Waals surface area contributed by atoms with Crippen LogP contribution in [0.2, 0.25) is 0 Å². The van der Waals surface area contributed by atoms with Crippen molar-refractivity contribution in [2.75, 3.05) is 32.7 Å². The number of phenolic OH excluding ortho intramolecular Hbond substituents is 1. The Labute approximate surface area is 123 Å². The summed E-state index contributed by atoms with van der Waals surface area (Å²) in [7, 11) is 0. The highest BCUT2D eigenvalue weighted by Crippen LogP contribution is 2.29. The van der Waals surface area contributed by atoms with Crippen LogP contribution >= 0.6 is 0 Å². The summed E-state index contributed by atoms with van der Waals surface area (Å²) in [6.07, 6.45) is 0.161. The molecule has 1 aliphatic rings. The van der Waals surface area contributed by atoms with Gasteiger partial charge in [-0.15, -0.1) is 0 Å². The van der Waals surface area contributed by atoms with Crippen molar-refractivity contribution in [3.8, 4) is 5.75 Å². The smallest absolute Gasteiger partial charge is 0.304 e. The third-order valence-corrected chi connectivity index (χ3v) is 4.04. The molecule has 1 heterocycles. The number of nitrogens with zero attached hydrogens (tertiary/aromatic N) is 2. The molecule has 1 aliphatic heterocycles. The molecule has 0 saturated carbocycles. The van der Waals surface area contributed by atoms with Gasteiger partial charge in [-0.05, 0) is 13.0 Å². The first-order valence-electron chi connectivity index (χ1n) is 7.14. The van der Waals surface area contributed by atoms with E-state index >= 15 is 0 Å². The number of halogens is 1. The molecule has 1 aromatic carbocycles. The lowest BCUT2D eigenvalue weighted by atomic mass is 10.0. The molecule has 1 saturated heterocycles. The van der Waals surface area contributed by atoms with Gasteiger partial charge in [0.2, 0.25) is 0 Å². The zero-order chi connectivity index (χ0) is 15.4. The maximum absolute atomic E-state index is 13.0. The third kappa shape index (κ3) is 4.15. The zero-order valence-corrected chi connectivity index (χ0v) is 12.1. The van der Waals surface area contributed by atoms with E-state index in [0.717, 1.165) is 37.8 Å². The van der Waals surface area contributed by atoms with Gasteiger partial charge in [0.25, 0.3) is 0 Å². The largest absolute Gasteiger partial charge is 0.508 e. The van der Waals surface area contributed by atoms with Crippen molar-refractivity contribution in [1.82, 2.24) is 9.80 Å². The van der Waals surface area contributed by atoms with E-state index in [1.54, 1.807) is 6.07 Å². The SMILES string of the molecule is CC(c1ccc(F)cc1O)N1CCN(CCC(=O)O)CC1. The Balaban J connectivity index is 1.90. The lowest BCUT2D eigenvalue weighted by Crippen LogP contribution is -2.47. The average Bonchev–Trinajstić information content (AvgIpc) is 2.45. The molecule has 0 radical (unpaired) electrons. The molecule has 21 heavy (non-hydrogen) atoms. The topological polar surface area (TPSA) is 64.0 Å². The fraction of sp³-hybridized carbons (Fsp3) is 0.533. The van der Waals surface area contributed by atoms with Gasteiger partial charge >= 0.3 is 5.97 Å². The number of rotatable bonds is 5. The minimum Gasteiger partial charge on any atom is -0.508 e. The zero-order valence-electron chi connectivity index (χ0n) is 12.1. The Morgan fingerprint density at radius 1 is 1.33 bits per heavy atom. The number of benzene rings is 1. The minimum atomic E-state index is -0.776. The fourth-order valence-corrected chi connectivity index (χ4v) is 2.69. The molecule has 1 atom stereocenters. The van der Waals surface area contributed by atoms with Crippen molar-refractivity contribution in [2.24, 2.45) is 0 Å². The van der Waals surface area contributed by atoms with Crippen molar-refractivity contribution < 1.29 is 19.4 Å². The van der Waals surface area contributed by atoms with Crippen LogP contribution in [-0.2, 0) is 4.79 Å². The molecule has 5 nitrogen and oxygen atoms in total. The Morgan fingerprint density at radius 2 is 2.00 bits per heavy atom. The quantitative estimate of drug-likeness (QED) is 0.865. The van der Waals surface area contributed by atoms with Crippen LogP contribution in [0, 0.1) is 5.82 Å². The van der Waals surface area contributed by atoms with Gasteiger partial charge in [0.1, 0.15) is 11.6 Å². The summed E-state index contributed by atoms with van der Waals surface area (Å²) in [6, 6.07) is 4.11. The number of carboxylic acid groups (broad SMARTS) is 1. The molecular formula is C15H21FN2O3. The first-order valence-corrected chi connectivity index (χ1v) is 7.14. The number of carboxylic acids is 1. The Morgan fingerprint density at radius 3 is 2.57 bits per heavy atom. The molecule has 0 aliphatic carbocycles. The molecular weight excluding hydrogens is 275 g/mol. The fourth-order valence-electron chi connectivity index (χ4n) is 2.69. The summed E-state index contributed by atoms with van der Waals surface area (Å²) in [5.41, 5.74) is 0.718. The molecule has 1 unspecified atom stereocenters. The second-order valence-electron chi connectivity index (χ2n) is 5.40. The monoisotopic (exact) mass is 296 g/mol. The lowest BCUT2D eigenvalue weighted by Gasteiger charge is -2.38. The first kappa shape index (κ1) is 15.7. The molecule has 0 aromatic heterocycles. The summed E-state index contributed by atoms with van der Waals surface area (Å²) in [6.45, 7) is 5.77. The summed E-state index contributed by atoms with van der Waals surface area (Å²) in [4.78, 5) is 14.9. The molecule has 2 N–H and O–H groups in total. The number of hydrogen-bond donors (Lipinski definition) is 2. The van der Waals surface area contributed by atoms with Crippen LogP contribution in [0.15, 0.2) is 18.2 Å². The number of piperazine rings is 1. The third-order valence-electron chi connectivity index (χ3n) is 4.04. The van der Waals surface area contributed by atoms with Gasteiger partial charge in [0.15, 0.2) is 0 Å². The number of hydrogen-bond acceptors (Lipinski definition) is 4. The van der Waals surface area contributed by atoms with E-state index in [9.17, 15) is 14.3 Å². The number of aromatic hydroxyl groups is 1. The Kier molecular flexibility index (Phi) is 5.14. The molecule has 0 bridgehead atoms. The maximum Gasteiger partial charge on any atom is 0.304 e. The first-order chi connectivity index (χ1) is 9.97. The summed E-state index contributed by atoms with van der Waals surface area (Å²) in [5.74, 6) is -1.24. The van der Waals surface area contributed by atoms with E-state index in [1.165, 1.54) is 6.07 Å². The summed E-state index contributed by atoms with van der Waals surface area (Å²) in [5, 5.41) is 18.5. The summed E-state index contributed by atoms with van der Waals surface area (Å²) < 4.78 is 13.0. The minimum absolute atomic E-state index is 0.00669. The molecule has 2 rings (SSSR count). The predicted octanol–water partition coefficient (Wildman–Crippen LogP) is 1.68. The van der Waals surface area contributed by atoms with E-state index < -0.39 is 11.8 Å². The molecule has 1 fully saturated rings. The van der Waals surface area contributed by atoms with Gasteiger partial charge in [-0.3, -0.25) is 9.69 Å². The van der Waals surface area contributed by atoms with Crippen LogP contribution < -0.4 is 0 Å². The molecule has 116 valence electrons. The van der Waals surface area contributed by atoms with Crippen LogP contribution in [-0.4, -0.2) is 58.7 Å². The number of carbonyl (C=O) groups is 1. The van der Waals surface area contributed by atoms with Gasteiger partial charge in [0, 0.05) is 50.4 Å². The molecule has 0 amide bonds. The lowest BCUT2D eigenvalue weighted by molar-refractivity contribution is -0.137. The normalized spacial score (nSPS) is 18.6. The van der Waals surface area contributed by atoms with E-state index in [4.69, 9.17) is 5.11 Å². The standard InChI is InChI=1S/C15H21FN2O3/c1-11(13-3-2-12(16)10-14(13)19)18-8-6-17(7-9-18)5-4-15(20)21/h2-3,10-11,19H,4-9H2,1H3,(H,20,21). The van der Waals surface area contributed by atoms with E-state index in [2.05, 4.69) is 9.80 Å². The highest BCUT2D eigenvalue weighted by molar-refractivity contribution is 5.66. The van der Waals surface area contributed by atoms with Crippen LogP contribution in [0.5, 0.6) is 5.75 Å². The second kappa shape index (κ2) is 6.87. The van der Waals surface area contributed by atoms with Gasteiger partial charge in [-0.2, -0.15) is 0 Å². The van der Waals surface area contributed by atoms with Crippen molar-refractivity contribution in [3.05, 3.63) is 29.6 Å². The predicted molar refractivity (Wildman–Crippen MR) is 76.7 cm³/mol. The van der Waals surface area contributed by atoms with E-state index in [0.29, 0.717) is 6.54 Å². The Bertz CT molecular complexity index is 502. The van der Waals surface area contributed by atoms with Gasteiger partial charge in [-0.1, -0.05) is 6.07 Å². The average molecular weight is 296 g/mol. The van der Waals surface area contributed by atoms with Crippen molar-refractivity contribution in [1.29, 1.82) is 0 Å². The second-order valence-corrected chi connectivity index (χ2v) is 5.40. The highest BCUT2D eigenvalue weighted by Gasteiger charge is 2.23. The van der Waals surface area contributed by atoms with Crippen molar-refractivity contribution in [2.45, 2.75) is 19.4 Å². The molecule has 0 spiro atoms. The van der Waals surface area contributed by atoms with Crippen LogP contribution in [0.25, 0.3) is 0 Å². The van der Waals surface area contributed by atoms with E-state index in [-0.39, 0.29) is 18.2 Å². The van der Waals surface area contributed by atoms with Gasteiger partial charge in [0.05, 0.1) is 6.42 Å². The van der Waals surface area contributed by atoms with Crippen molar-refractivity contribution in [3.63, 3.8) is 0 Å². The maximum atomic E-state index is 13.0. The number of aliphatic carboxylic acids is 1. The van der Waals surface area contributed by atoms with Crippen molar-refractivity contribution >= 4 is 5.97 Å².